The largest absolute Gasteiger partial charge is 0.383 e. The molecule has 2 aromatic rings. The highest BCUT2D eigenvalue weighted by Gasteiger charge is 2.13. The van der Waals surface area contributed by atoms with Gasteiger partial charge in [0.2, 0.25) is 5.91 Å². The van der Waals surface area contributed by atoms with Crippen molar-refractivity contribution in [1.82, 2.24) is 5.32 Å². The van der Waals surface area contributed by atoms with Gasteiger partial charge in [0.15, 0.2) is 0 Å². The first-order chi connectivity index (χ1) is 12.4. The summed E-state index contributed by atoms with van der Waals surface area (Å²) in [6.07, 6.45) is 0. The van der Waals surface area contributed by atoms with Gasteiger partial charge in [-0.3, -0.25) is 9.52 Å². The highest BCUT2D eigenvalue weighted by atomic mass is 32.2. The molecule has 0 radical (unpaired) electrons. The Morgan fingerprint density at radius 3 is 2.23 bits per heavy atom. The molecule has 0 saturated carbocycles. The lowest BCUT2D eigenvalue weighted by Crippen LogP contribution is -2.30. The molecule has 0 aliphatic rings. The number of rotatable bonds is 9. The Balaban J connectivity index is 1.92. The van der Waals surface area contributed by atoms with E-state index in [1.807, 2.05) is 6.92 Å². The number of carbonyl (C=O) groups is 1. The van der Waals surface area contributed by atoms with Gasteiger partial charge in [0.1, 0.15) is 0 Å². The summed E-state index contributed by atoms with van der Waals surface area (Å²) < 4.78 is 32.1. The van der Waals surface area contributed by atoms with E-state index in [0.717, 1.165) is 5.56 Å². The fourth-order valence-electron chi connectivity index (χ4n) is 2.13. The lowest BCUT2D eigenvalue weighted by Gasteiger charge is -2.10. The van der Waals surface area contributed by atoms with Crippen LogP contribution in [0.3, 0.4) is 0 Å². The Kier molecular flexibility index (Phi) is 7.14. The number of benzene rings is 2. The van der Waals surface area contributed by atoms with E-state index in [1.165, 1.54) is 0 Å². The van der Waals surface area contributed by atoms with Crippen molar-refractivity contribution in [3.63, 3.8) is 0 Å². The number of carbonyl (C=O) groups excluding carboxylic acids is 1. The van der Waals surface area contributed by atoms with Crippen LogP contribution in [-0.2, 0) is 19.6 Å². The average Bonchev–Trinajstić information content (AvgIpc) is 2.61. The van der Waals surface area contributed by atoms with Gasteiger partial charge in [-0.05, 0) is 43.3 Å². The van der Waals surface area contributed by atoms with Crippen molar-refractivity contribution >= 4 is 27.3 Å². The minimum Gasteiger partial charge on any atom is -0.383 e. The van der Waals surface area contributed by atoms with E-state index in [1.54, 1.807) is 55.6 Å². The van der Waals surface area contributed by atoms with E-state index in [9.17, 15) is 13.2 Å². The summed E-state index contributed by atoms with van der Waals surface area (Å²) in [6.45, 7) is 3.18. The van der Waals surface area contributed by atoms with E-state index >= 15 is 0 Å². The maximum Gasteiger partial charge on any atom is 0.261 e. The third-order valence-electron chi connectivity index (χ3n) is 3.52. The zero-order valence-electron chi connectivity index (χ0n) is 14.8. The second-order valence-corrected chi connectivity index (χ2v) is 7.40. The second kappa shape index (κ2) is 9.33. The van der Waals surface area contributed by atoms with Gasteiger partial charge in [-0.1, -0.05) is 17.7 Å². The van der Waals surface area contributed by atoms with E-state index in [0.29, 0.717) is 24.5 Å². The molecule has 0 atom stereocenters. The van der Waals surface area contributed by atoms with Gasteiger partial charge in [0.05, 0.1) is 18.0 Å². The van der Waals surface area contributed by atoms with E-state index in [-0.39, 0.29) is 17.3 Å². The normalized spacial score (nSPS) is 11.2. The van der Waals surface area contributed by atoms with Gasteiger partial charge in [-0.25, -0.2) is 8.42 Å². The molecule has 140 valence electrons. The van der Waals surface area contributed by atoms with Crippen LogP contribution in [0.4, 0.5) is 11.4 Å². The average molecular weight is 377 g/mol. The highest BCUT2D eigenvalue weighted by molar-refractivity contribution is 7.92. The minimum absolute atomic E-state index is 0.172. The Morgan fingerprint density at radius 2 is 1.62 bits per heavy atom. The van der Waals surface area contributed by atoms with Crippen LogP contribution in [0, 0.1) is 6.92 Å². The van der Waals surface area contributed by atoms with Crippen LogP contribution in [-0.4, -0.2) is 41.1 Å². The number of sulfonamides is 1. The molecule has 0 unspecified atom stereocenters. The van der Waals surface area contributed by atoms with Crippen molar-refractivity contribution in [2.24, 2.45) is 0 Å². The van der Waals surface area contributed by atoms with Gasteiger partial charge in [0, 0.05) is 25.0 Å². The van der Waals surface area contributed by atoms with Crippen molar-refractivity contribution < 1.29 is 17.9 Å². The van der Waals surface area contributed by atoms with E-state index in [2.05, 4.69) is 15.4 Å². The first-order valence-corrected chi connectivity index (χ1v) is 9.58. The Hall–Kier alpha value is -2.42. The van der Waals surface area contributed by atoms with Crippen LogP contribution < -0.4 is 15.4 Å². The summed E-state index contributed by atoms with van der Waals surface area (Å²) in [5.41, 5.74) is 1.99. The fraction of sp³-hybridized carbons (Fsp3) is 0.278. The fourth-order valence-corrected chi connectivity index (χ4v) is 3.19. The summed E-state index contributed by atoms with van der Waals surface area (Å²) in [5, 5.41) is 5.67. The molecule has 2 rings (SSSR count). The number of nitrogens with one attached hydrogen (secondary N) is 3. The summed E-state index contributed by atoms with van der Waals surface area (Å²) in [7, 11) is -2.05. The van der Waals surface area contributed by atoms with Gasteiger partial charge >= 0.3 is 0 Å². The number of aryl methyl sites for hydroxylation is 1. The molecule has 3 N–H and O–H groups in total. The molecule has 0 spiro atoms. The third-order valence-corrected chi connectivity index (χ3v) is 4.92. The molecule has 0 saturated heterocycles. The van der Waals surface area contributed by atoms with E-state index in [4.69, 9.17) is 4.74 Å². The second-order valence-electron chi connectivity index (χ2n) is 5.71. The topological polar surface area (TPSA) is 96.5 Å². The third kappa shape index (κ3) is 6.14. The van der Waals surface area contributed by atoms with Crippen molar-refractivity contribution in [2.75, 3.05) is 36.8 Å². The smallest absolute Gasteiger partial charge is 0.261 e. The lowest BCUT2D eigenvalue weighted by molar-refractivity contribution is -0.115. The molecule has 1 amide bonds. The van der Waals surface area contributed by atoms with Gasteiger partial charge in [-0.2, -0.15) is 0 Å². The summed E-state index contributed by atoms with van der Waals surface area (Å²) in [4.78, 5) is 12.0. The van der Waals surface area contributed by atoms with Crippen LogP contribution in [0.5, 0.6) is 0 Å². The van der Waals surface area contributed by atoms with Crippen LogP contribution in [0.2, 0.25) is 0 Å². The molecule has 0 aliphatic heterocycles. The van der Waals surface area contributed by atoms with Gasteiger partial charge in [-0.15, -0.1) is 0 Å². The molecule has 2 aromatic carbocycles. The van der Waals surface area contributed by atoms with Crippen molar-refractivity contribution in [1.29, 1.82) is 0 Å². The predicted octanol–water partition coefficient (Wildman–Crippen LogP) is 1.97. The Labute approximate surface area is 153 Å². The van der Waals surface area contributed by atoms with Crippen LogP contribution in [0.15, 0.2) is 53.4 Å². The molecular formula is C18H23N3O4S. The van der Waals surface area contributed by atoms with Crippen molar-refractivity contribution in [3.05, 3.63) is 54.1 Å². The van der Waals surface area contributed by atoms with Crippen LogP contribution >= 0.6 is 0 Å². The molecule has 26 heavy (non-hydrogen) atoms. The quantitative estimate of drug-likeness (QED) is 0.581. The molecular weight excluding hydrogens is 354 g/mol. The van der Waals surface area contributed by atoms with Gasteiger partial charge in [0.25, 0.3) is 10.0 Å². The van der Waals surface area contributed by atoms with Crippen molar-refractivity contribution in [2.45, 2.75) is 11.8 Å². The van der Waals surface area contributed by atoms with Crippen LogP contribution in [0.1, 0.15) is 5.56 Å². The number of hydrogen-bond donors (Lipinski definition) is 3. The SMILES string of the molecule is COCCNCC(=O)Nc1ccc(NS(=O)(=O)c2ccc(C)cc2)cc1. The number of ether oxygens (including phenoxy) is 1. The first-order valence-electron chi connectivity index (χ1n) is 8.10. The molecule has 0 heterocycles. The monoisotopic (exact) mass is 377 g/mol. The summed E-state index contributed by atoms with van der Waals surface area (Å²) in [6, 6.07) is 13.1. The summed E-state index contributed by atoms with van der Waals surface area (Å²) in [5.74, 6) is -0.186. The molecule has 7 nitrogen and oxygen atoms in total. The predicted molar refractivity (Wildman–Crippen MR) is 102 cm³/mol. The maximum atomic E-state index is 12.3. The maximum absolute atomic E-state index is 12.3. The number of methoxy groups -OCH3 is 1. The number of amides is 1. The Morgan fingerprint density at radius 1 is 1.00 bits per heavy atom. The number of anilines is 2. The van der Waals surface area contributed by atoms with Crippen molar-refractivity contribution in [3.8, 4) is 0 Å². The molecule has 0 aliphatic carbocycles. The summed E-state index contributed by atoms with van der Waals surface area (Å²) >= 11 is 0. The van der Waals surface area contributed by atoms with Gasteiger partial charge < -0.3 is 15.4 Å². The zero-order chi connectivity index (χ0) is 19.0. The lowest BCUT2D eigenvalue weighted by atomic mass is 10.2. The molecule has 0 bridgehead atoms. The number of hydrogen-bond acceptors (Lipinski definition) is 5. The van der Waals surface area contributed by atoms with E-state index < -0.39 is 10.0 Å². The highest BCUT2D eigenvalue weighted by Crippen LogP contribution is 2.18. The first kappa shape index (κ1) is 19.9. The van der Waals surface area contributed by atoms with Crippen LogP contribution in [0.25, 0.3) is 0 Å². The standard InChI is InChI=1S/C18H23N3O4S/c1-14-3-9-17(10-4-14)26(23,24)21-16-7-5-15(6-8-16)20-18(22)13-19-11-12-25-2/h3-10,19,21H,11-13H2,1-2H3,(H,20,22). The molecule has 0 fully saturated rings. The Bertz CT molecular complexity index is 819. The molecule has 0 aromatic heterocycles. The molecule has 8 heteroatoms. The minimum atomic E-state index is -3.64. The zero-order valence-corrected chi connectivity index (χ0v) is 15.6.